The average Bonchev–Trinajstić information content (AvgIpc) is 3.32. The maximum atomic E-state index is 13.4. The first kappa shape index (κ1) is 63.5. The van der Waals surface area contributed by atoms with Gasteiger partial charge in [0.05, 0.1) is 13.2 Å². The van der Waals surface area contributed by atoms with Gasteiger partial charge in [0, 0.05) is 12.8 Å². The predicted molar refractivity (Wildman–Crippen MR) is 258 cm³/mol. The van der Waals surface area contributed by atoms with Crippen LogP contribution in [0.25, 0.3) is 0 Å². The van der Waals surface area contributed by atoms with E-state index < -0.39 is 113 Å². The number of aliphatic hydroxyl groups excluding tert-OH is 8. The van der Waals surface area contributed by atoms with Gasteiger partial charge in [-0.1, -0.05) is 155 Å². The van der Waals surface area contributed by atoms with Crippen molar-refractivity contribution >= 4 is 19.8 Å². The number of hydrogen-bond donors (Lipinski definition) is 9. The molecule has 0 bridgehead atoms. The van der Waals surface area contributed by atoms with Gasteiger partial charge in [-0.2, -0.15) is 0 Å². The molecule has 14 atom stereocenters. The maximum absolute atomic E-state index is 13.4. The molecular formula is C50H93O18P. The SMILES string of the molecule is CCCCCCCCC=CCCCCCC(=O)OCC(COP(=O)(O)OC1C(O)C(O)C(O)C(O)C1OC1OC(CO)C(O)C(O)C1O)OC(=O)CCCCCCCCC(C)CCCCCCCC. The first-order chi connectivity index (χ1) is 33.1. The summed E-state index contributed by atoms with van der Waals surface area (Å²) in [5.41, 5.74) is 0. The van der Waals surface area contributed by atoms with Crippen molar-refractivity contribution < 1.29 is 87.9 Å². The van der Waals surface area contributed by atoms with Crippen LogP contribution in [0, 0.1) is 5.92 Å². The van der Waals surface area contributed by atoms with E-state index in [4.69, 9.17) is 28.0 Å². The van der Waals surface area contributed by atoms with Crippen molar-refractivity contribution in [2.75, 3.05) is 19.8 Å². The molecule has 0 amide bonds. The van der Waals surface area contributed by atoms with Crippen LogP contribution in [0.2, 0.25) is 0 Å². The van der Waals surface area contributed by atoms with Gasteiger partial charge in [-0.3, -0.25) is 18.6 Å². The number of carbonyl (C=O) groups excluding carboxylic acids is 2. The van der Waals surface area contributed by atoms with Crippen molar-refractivity contribution in [2.24, 2.45) is 5.92 Å². The highest BCUT2D eigenvalue weighted by atomic mass is 31.2. The molecule has 0 radical (unpaired) electrons. The Hall–Kier alpha value is -1.61. The molecule has 2 fully saturated rings. The zero-order valence-electron chi connectivity index (χ0n) is 42.0. The third-order valence-electron chi connectivity index (χ3n) is 13.1. The van der Waals surface area contributed by atoms with Crippen LogP contribution in [0.5, 0.6) is 0 Å². The molecule has 2 rings (SSSR count). The number of phosphoric ester groups is 1. The van der Waals surface area contributed by atoms with Crippen molar-refractivity contribution in [2.45, 2.75) is 268 Å². The molecule has 14 unspecified atom stereocenters. The van der Waals surface area contributed by atoms with Gasteiger partial charge in [0.15, 0.2) is 12.4 Å². The number of hydrogen-bond acceptors (Lipinski definition) is 17. The van der Waals surface area contributed by atoms with E-state index in [0.717, 1.165) is 57.3 Å². The van der Waals surface area contributed by atoms with Gasteiger partial charge in [-0.25, -0.2) is 4.57 Å². The zero-order valence-corrected chi connectivity index (χ0v) is 42.9. The van der Waals surface area contributed by atoms with Crippen LogP contribution in [0.3, 0.4) is 0 Å². The maximum Gasteiger partial charge on any atom is 0.472 e. The first-order valence-corrected chi connectivity index (χ1v) is 27.9. The Morgan fingerprint density at radius 3 is 1.59 bits per heavy atom. The van der Waals surface area contributed by atoms with Crippen LogP contribution in [-0.2, 0) is 42.1 Å². The number of rotatable bonds is 40. The summed E-state index contributed by atoms with van der Waals surface area (Å²) >= 11 is 0. The van der Waals surface area contributed by atoms with Crippen molar-refractivity contribution in [3.8, 4) is 0 Å². The molecule has 18 nitrogen and oxygen atoms in total. The molecular weight excluding hydrogens is 920 g/mol. The molecule has 1 aliphatic carbocycles. The molecule has 0 aromatic heterocycles. The van der Waals surface area contributed by atoms with E-state index >= 15 is 0 Å². The summed E-state index contributed by atoms with van der Waals surface area (Å²) in [6.07, 6.45) is 8.69. The number of unbranched alkanes of at least 4 members (excludes halogenated alkanes) is 19. The Morgan fingerprint density at radius 1 is 0.580 bits per heavy atom. The van der Waals surface area contributed by atoms with Gasteiger partial charge in [-0.05, 0) is 44.4 Å². The van der Waals surface area contributed by atoms with E-state index in [0.29, 0.717) is 12.8 Å². The number of allylic oxidation sites excluding steroid dienone is 2. The highest BCUT2D eigenvalue weighted by Crippen LogP contribution is 2.48. The van der Waals surface area contributed by atoms with E-state index in [9.17, 15) is 59.9 Å². The summed E-state index contributed by atoms with van der Waals surface area (Å²) < 4.78 is 45.5. The largest absolute Gasteiger partial charge is 0.472 e. The van der Waals surface area contributed by atoms with E-state index in [-0.39, 0.29) is 12.8 Å². The van der Waals surface area contributed by atoms with Crippen molar-refractivity contribution in [1.82, 2.24) is 0 Å². The quantitative estimate of drug-likeness (QED) is 0.0140. The van der Waals surface area contributed by atoms with Gasteiger partial charge >= 0.3 is 19.8 Å². The van der Waals surface area contributed by atoms with Crippen LogP contribution in [-0.4, -0.2) is 151 Å². The summed E-state index contributed by atoms with van der Waals surface area (Å²) in [4.78, 5) is 36.6. The Morgan fingerprint density at radius 2 is 1.04 bits per heavy atom. The topological polar surface area (TPSA) is 289 Å². The van der Waals surface area contributed by atoms with Gasteiger partial charge in [0.25, 0.3) is 0 Å². The predicted octanol–water partition coefficient (Wildman–Crippen LogP) is 6.35. The molecule has 0 aromatic carbocycles. The fourth-order valence-corrected chi connectivity index (χ4v) is 9.62. The van der Waals surface area contributed by atoms with Crippen molar-refractivity contribution in [1.29, 1.82) is 0 Å². The van der Waals surface area contributed by atoms with Crippen LogP contribution >= 0.6 is 7.82 Å². The molecule has 1 aliphatic heterocycles. The second kappa shape index (κ2) is 37.2. The normalized spacial score (nSPS) is 28.1. The van der Waals surface area contributed by atoms with Crippen molar-refractivity contribution in [3.63, 3.8) is 0 Å². The molecule has 69 heavy (non-hydrogen) atoms. The summed E-state index contributed by atoms with van der Waals surface area (Å²) in [5.74, 6) is -0.512. The highest BCUT2D eigenvalue weighted by Gasteiger charge is 2.55. The van der Waals surface area contributed by atoms with Gasteiger partial charge < -0.3 is 64.7 Å². The minimum Gasteiger partial charge on any atom is -0.462 e. The van der Waals surface area contributed by atoms with Gasteiger partial charge in [-0.15, -0.1) is 0 Å². The highest BCUT2D eigenvalue weighted by molar-refractivity contribution is 7.47. The van der Waals surface area contributed by atoms with Crippen LogP contribution in [0.4, 0.5) is 0 Å². The molecule has 0 aromatic rings. The summed E-state index contributed by atoms with van der Waals surface area (Å²) in [7, 11) is -5.38. The van der Waals surface area contributed by atoms with E-state index in [1.807, 2.05) is 0 Å². The summed E-state index contributed by atoms with van der Waals surface area (Å²) in [6.45, 7) is 4.54. The van der Waals surface area contributed by atoms with E-state index in [1.165, 1.54) is 96.3 Å². The van der Waals surface area contributed by atoms with Gasteiger partial charge in [0.2, 0.25) is 0 Å². The lowest BCUT2D eigenvalue weighted by atomic mass is 9.84. The Labute approximate surface area is 412 Å². The molecule has 1 saturated heterocycles. The summed E-state index contributed by atoms with van der Waals surface area (Å²) in [6, 6.07) is 0. The number of phosphoric acid groups is 1. The van der Waals surface area contributed by atoms with E-state index in [1.54, 1.807) is 0 Å². The molecule has 1 heterocycles. The molecule has 1 saturated carbocycles. The lowest BCUT2D eigenvalue weighted by molar-refractivity contribution is -0.338. The first-order valence-electron chi connectivity index (χ1n) is 26.4. The average molecular weight is 1010 g/mol. The smallest absolute Gasteiger partial charge is 0.462 e. The summed E-state index contributed by atoms with van der Waals surface area (Å²) in [5, 5.41) is 83.0. The standard InChI is InChI=1S/C50H93O18P/c1-4-6-8-10-12-13-14-15-16-17-18-23-27-31-39(52)63-34-37(65-40(53)32-28-24-20-19-22-26-30-36(3)29-25-21-11-9-7-5-2)35-64-69(61,62)68-49-46(59)44(57)43(56)45(58)48(49)67-50-47(60)42(55)41(54)38(33-51)66-50/h15-16,36-38,41-51,54-60H,4-14,17-35H2,1-3H3,(H,61,62). The number of esters is 2. The Balaban J connectivity index is 1.96. The van der Waals surface area contributed by atoms with Crippen molar-refractivity contribution in [3.05, 3.63) is 12.2 Å². The molecule has 406 valence electrons. The van der Waals surface area contributed by atoms with E-state index in [2.05, 4.69) is 32.9 Å². The molecule has 9 N–H and O–H groups in total. The number of aliphatic hydroxyl groups is 8. The van der Waals surface area contributed by atoms with Crippen LogP contribution in [0.15, 0.2) is 12.2 Å². The fourth-order valence-electron chi connectivity index (χ4n) is 8.65. The van der Waals surface area contributed by atoms with Gasteiger partial charge in [0.1, 0.15) is 67.6 Å². The zero-order chi connectivity index (χ0) is 51.0. The Bertz CT molecular complexity index is 1410. The molecule has 0 spiro atoms. The minimum absolute atomic E-state index is 0.0315. The van der Waals surface area contributed by atoms with Crippen LogP contribution < -0.4 is 0 Å². The number of ether oxygens (including phenoxy) is 4. The second-order valence-corrected chi connectivity index (χ2v) is 20.7. The molecule has 19 heteroatoms. The molecule has 2 aliphatic rings. The monoisotopic (exact) mass is 1010 g/mol. The second-order valence-electron chi connectivity index (χ2n) is 19.3. The third kappa shape index (κ3) is 26.3. The van der Waals surface area contributed by atoms with Crippen LogP contribution in [0.1, 0.15) is 194 Å². The third-order valence-corrected chi connectivity index (χ3v) is 14.1. The fraction of sp³-hybridized carbons (Fsp3) is 0.920. The Kier molecular flexibility index (Phi) is 34.2. The number of carbonyl (C=O) groups is 2. The lowest BCUT2D eigenvalue weighted by Gasteiger charge is -2.47. The minimum atomic E-state index is -5.38. The lowest BCUT2D eigenvalue weighted by Crippen LogP contribution is -2.67.